The van der Waals surface area contributed by atoms with Crippen LogP contribution in [0, 0.1) is 0 Å². The van der Waals surface area contributed by atoms with E-state index in [1.807, 2.05) is 17.1 Å². The minimum absolute atomic E-state index is 0.249. The number of thiophene rings is 1. The maximum absolute atomic E-state index is 12.1. The molecule has 0 bridgehead atoms. The lowest BCUT2D eigenvalue weighted by Gasteiger charge is -2.06. The number of hydrogen-bond donors (Lipinski definition) is 0. The average Bonchev–Trinajstić information content (AvgIpc) is 2.87. The fraction of sp³-hybridized carbons (Fsp3) is 0.545. The zero-order chi connectivity index (χ0) is 9.97. The first kappa shape index (κ1) is 10.2. The molecule has 0 radical (unpaired) electrons. The minimum Gasteiger partial charge on any atom is -0.292 e. The third-order valence-corrected chi connectivity index (χ3v) is 4.92. The maximum atomic E-state index is 12.1. The first-order valence-corrected chi connectivity index (χ1v) is 6.98. The Hall–Kier alpha value is -0.280. The van der Waals surface area contributed by atoms with Crippen LogP contribution >= 0.6 is 23.1 Å². The van der Waals surface area contributed by atoms with E-state index in [9.17, 15) is 4.79 Å². The summed E-state index contributed by atoms with van der Waals surface area (Å²) in [6, 6.07) is 2.08. The first-order valence-electron chi connectivity index (χ1n) is 5.05. The molecular formula is C11H14OS2. The van der Waals surface area contributed by atoms with E-state index in [1.165, 1.54) is 12.0 Å². The molecule has 1 aromatic rings. The molecule has 1 unspecified atom stereocenters. The van der Waals surface area contributed by atoms with Gasteiger partial charge < -0.3 is 0 Å². The van der Waals surface area contributed by atoms with Gasteiger partial charge in [0.1, 0.15) is 0 Å². The van der Waals surface area contributed by atoms with Crippen molar-refractivity contribution in [1.82, 2.24) is 0 Å². The molecule has 1 aliphatic heterocycles. The van der Waals surface area contributed by atoms with Crippen LogP contribution < -0.4 is 0 Å². The van der Waals surface area contributed by atoms with Crippen LogP contribution in [0.4, 0.5) is 0 Å². The second-order valence-electron chi connectivity index (χ2n) is 3.49. The number of aryl methyl sites for hydroxylation is 1. The van der Waals surface area contributed by atoms with Gasteiger partial charge in [0.15, 0.2) is 5.78 Å². The third kappa shape index (κ3) is 1.89. The lowest BCUT2D eigenvalue weighted by atomic mass is 10.1. The van der Waals surface area contributed by atoms with Crippen LogP contribution in [-0.2, 0) is 6.42 Å². The van der Waals surface area contributed by atoms with E-state index in [0.717, 1.165) is 23.5 Å². The van der Waals surface area contributed by atoms with Gasteiger partial charge in [0.25, 0.3) is 0 Å². The molecule has 3 heteroatoms. The molecule has 0 aliphatic carbocycles. The molecule has 1 saturated heterocycles. The molecule has 2 heterocycles. The summed E-state index contributed by atoms with van der Waals surface area (Å²) in [5, 5.41) is 2.28. The van der Waals surface area contributed by atoms with Crippen molar-refractivity contribution in [3.05, 3.63) is 21.9 Å². The Labute approximate surface area is 92.9 Å². The molecule has 1 aromatic heterocycles. The monoisotopic (exact) mass is 226 g/mol. The molecule has 1 nitrogen and oxygen atoms in total. The normalized spacial score (nSPS) is 21.4. The second-order valence-corrected chi connectivity index (χ2v) is 5.72. The van der Waals surface area contributed by atoms with Crippen LogP contribution in [0.3, 0.4) is 0 Å². The summed E-state index contributed by atoms with van der Waals surface area (Å²) in [5.74, 6) is 1.53. The number of carbonyl (C=O) groups is 1. The van der Waals surface area contributed by atoms with E-state index in [2.05, 4.69) is 13.0 Å². The Morgan fingerprint density at radius 1 is 1.64 bits per heavy atom. The highest BCUT2D eigenvalue weighted by Gasteiger charge is 2.26. The Morgan fingerprint density at radius 2 is 2.50 bits per heavy atom. The molecule has 2 rings (SSSR count). The van der Waals surface area contributed by atoms with Crippen molar-refractivity contribution in [1.29, 1.82) is 0 Å². The Kier molecular flexibility index (Phi) is 3.29. The SMILES string of the molecule is CCc1ccsc1C(=O)C1CCCS1. The number of ketones is 1. The first-order chi connectivity index (χ1) is 6.83. The van der Waals surface area contributed by atoms with Crippen molar-refractivity contribution in [2.75, 3.05) is 5.75 Å². The van der Waals surface area contributed by atoms with Crippen molar-refractivity contribution < 1.29 is 4.79 Å². The van der Waals surface area contributed by atoms with Gasteiger partial charge in [0.05, 0.1) is 10.1 Å². The third-order valence-electron chi connectivity index (χ3n) is 2.57. The summed E-state index contributed by atoms with van der Waals surface area (Å²) < 4.78 is 0. The number of rotatable bonds is 3. The van der Waals surface area contributed by atoms with Crippen molar-refractivity contribution in [3.8, 4) is 0 Å². The summed E-state index contributed by atoms with van der Waals surface area (Å²) in [4.78, 5) is 13.1. The number of Topliss-reactive ketones (excluding diaryl/α,β-unsaturated/α-hetero) is 1. The van der Waals surface area contributed by atoms with Gasteiger partial charge in [-0.1, -0.05) is 6.92 Å². The van der Waals surface area contributed by atoms with E-state index < -0.39 is 0 Å². The van der Waals surface area contributed by atoms with E-state index in [4.69, 9.17) is 0 Å². The number of thioether (sulfide) groups is 1. The van der Waals surface area contributed by atoms with E-state index in [1.54, 1.807) is 11.3 Å². The average molecular weight is 226 g/mol. The van der Waals surface area contributed by atoms with E-state index >= 15 is 0 Å². The van der Waals surface area contributed by atoms with E-state index in [-0.39, 0.29) is 5.25 Å². The molecule has 0 saturated carbocycles. The molecular weight excluding hydrogens is 212 g/mol. The van der Waals surface area contributed by atoms with Crippen LogP contribution in [0.25, 0.3) is 0 Å². The minimum atomic E-state index is 0.249. The fourth-order valence-electron chi connectivity index (χ4n) is 1.76. The van der Waals surface area contributed by atoms with Crippen LogP contribution in [0.2, 0.25) is 0 Å². The Morgan fingerprint density at radius 3 is 3.14 bits per heavy atom. The molecule has 0 N–H and O–H groups in total. The second kappa shape index (κ2) is 4.49. The maximum Gasteiger partial charge on any atom is 0.185 e. The van der Waals surface area contributed by atoms with Gasteiger partial charge in [0, 0.05) is 0 Å². The van der Waals surface area contributed by atoms with Crippen molar-refractivity contribution in [3.63, 3.8) is 0 Å². The highest BCUT2D eigenvalue weighted by Crippen LogP contribution is 2.31. The molecule has 14 heavy (non-hydrogen) atoms. The van der Waals surface area contributed by atoms with Crippen molar-refractivity contribution in [2.45, 2.75) is 31.4 Å². The van der Waals surface area contributed by atoms with Gasteiger partial charge >= 0.3 is 0 Å². The van der Waals surface area contributed by atoms with Gasteiger partial charge in [-0.25, -0.2) is 0 Å². The zero-order valence-electron chi connectivity index (χ0n) is 8.29. The van der Waals surface area contributed by atoms with Gasteiger partial charge in [0.2, 0.25) is 0 Å². The quantitative estimate of drug-likeness (QED) is 0.735. The van der Waals surface area contributed by atoms with Gasteiger partial charge in [-0.3, -0.25) is 4.79 Å². The topological polar surface area (TPSA) is 17.1 Å². The van der Waals surface area contributed by atoms with Crippen molar-refractivity contribution in [2.24, 2.45) is 0 Å². The molecule has 0 amide bonds. The Bertz CT molecular complexity index is 324. The molecule has 0 aromatic carbocycles. The Balaban J connectivity index is 2.17. The van der Waals surface area contributed by atoms with E-state index in [0.29, 0.717) is 5.78 Å². The predicted octanol–water partition coefficient (Wildman–Crippen LogP) is 3.39. The summed E-state index contributed by atoms with van der Waals surface area (Å²) in [6.45, 7) is 2.11. The lowest BCUT2D eigenvalue weighted by Crippen LogP contribution is -2.13. The predicted molar refractivity (Wildman–Crippen MR) is 63.5 cm³/mol. The number of hydrogen-bond acceptors (Lipinski definition) is 3. The molecule has 0 spiro atoms. The summed E-state index contributed by atoms with van der Waals surface area (Å²) >= 11 is 3.43. The lowest BCUT2D eigenvalue weighted by molar-refractivity contribution is 0.0991. The molecule has 76 valence electrons. The summed E-state index contributed by atoms with van der Waals surface area (Å²) in [5.41, 5.74) is 1.23. The summed E-state index contributed by atoms with van der Waals surface area (Å²) in [6.07, 6.45) is 3.25. The number of carbonyl (C=O) groups excluding carboxylic acids is 1. The summed E-state index contributed by atoms with van der Waals surface area (Å²) in [7, 11) is 0. The van der Waals surface area contributed by atoms with Gasteiger partial charge in [-0.15, -0.1) is 11.3 Å². The van der Waals surface area contributed by atoms with Crippen LogP contribution in [0.1, 0.15) is 35.0 Å². The molecule has 1 atom stereocenters. The van der Waals surface area contributed by atoms with Crippen LogP contribution in [0.5, 0.6) is 0 Å². The highest BCUT2D eigenvalue weighted by molar-refractivity contribution is 8.00. The van der Waals surface area contributed by atoms with Crippen LogP contribution in [-0.4, -0.2) is 16.8 Å². The standard InChI is InChI=1S/C11H14OS2/c1-2-8-5-7-14-11(8)10(12)9-4-3-6-13-9/h5,7,9H,2-4,6H2,1H3. The van der Waals surface area contributed by atoms with Gasteiger partial charge in [-0.05, 0) is 42.0 Å². The zero-order valence-corrected chi connectivity index (χ0v) is 9.92. The van der Waals surface area contributed by atoms with Crippen molar-refractivity contribution >= 4 is 28.9 Å². The smallest absolute Gasteiger partial charge is 0.185 e. The van der Waals surface area contributed by atoms with Gasteiger partial charge in [-0.2, -0.15) is 11.8 Å². The fourth-order valence-corrected chi connectivity index (χ4v) is 4.05. The molecule has 1 aliphatic rings. The molecule has 1 fully saturated rings. The largest absolute Gasteiger partial charge is 0.292 e. The van der Waals surface area contributed by atoms with Crippen LogP contribution in [0.15, 0.2) is 11.4 Å². The highest BCUT2D eigenvalue weighted by atomic mass is 32.2.